The number of esters is 1. The zero-order valence-corrected chi connectivity index (χ0v) is 26.1. The lowest BCUT2D eigenvalue weighted by Crippen LogP contribution is -2.71. The molecule has 1 aromatic heterocycles. The van der Waals surface area contributed by atoms with Crippen LogP contribution in [0.15, 0.2) is 93.0 Å². The van der Waals surface area contributed by atoms with Gasteiger partial charge in [-0.05, 0) is 22.8 Å². The molecule has 0 radical (unpaired) electrons. The summed E-state index contributed by atoms with van der Waals surface area (Å²) in [6, 6.07) is 17.2. The summed E-state index contributed by atoms with van der Waals surface area (Å²) in [6.45, 7) is -0.645. The molecule has 1 saturated heterocycles. The van der Waals surface area contributed by atoms with E-state index in [0.29, 0.717) is 0 Å². The number of halogens is 2. The Kier molecular flexibility index (Phi) is 10.1. The largest absolute Gasteiger partial charge is 0.477 e. The van der Waals surface area contributed by atoms with Crippen molar-refractivity contribution in [2.75, 3.05) is 18.1 Å². The van der Waals surface area contributed by atoms with Crippen LogP contribution in [0.2, 0.25) is 0 Å². The summed E-state index contributed by atoms with van der Waals surface area (Å²) in [4.78, 5) is 61.5. The first-order chi connectivity index (χ1) is 21.6. The highest BCUT2D eigenvalue weighted by Gasteiger charge is 2.54. The monoisotopic (exact) mass is 687 g/mol. The lowest BCUT2D eigenvalue weighted by molar-refractivity contribution is -0.153. The molecule has 3 heterocycles. The van der Waals surface area contributed by atoms with Gasteiger partial charge in [0.15, 0.2) is 16.9 Å². The van der Waals surface area contributed by atoms with Gasteiger partial charge in [-0.25, -0.2) is 14.6 Å². The van der Waals surface area contributed by atoms with E-state index in [0.717, 1.165) is 27.4 Å². The fraction of sp³-hybridized carbons (Fsp3) is 0.172. The molecule has 3 aromatic rings. The number of nitrogens with zero attached hydrogens (tertiary/aromatic N) is 3. The third-order valence-corrected chi connectivity index (χ3v) is 8.74. The van der Waals surface area contributed by atoms with E-state index in [-0.39, 0.29) is 38.1 Å². The predicted octanol–water partition coefficient (Wildman–Crippen LogP) is 3.84. The van der Waals surface area contributed by atoms with Gasteiger partial charge in [-0.15, -0.1) is 23.1 Å². The molecule has 1 unspecified atom stereocenters. The summed E-state index contributed by atoms with van der Waals surface area (Å²) in [6.07, 6.45) is 0.548. The summed E-state index contributed by atoms with van der Waals surface area (Å²) in [7, 11) is 0. The summed E-state index contributed by atoms with van der Waals surface area (Å²) in [5, 5.41) is 17.0. The van der Waals surface area contributed by atoms with Crippen LogP contribution in [0.4, 0.5) is 5.13 Å². The van der Waals surface area contributed by atoms with E-state index >= 15 is 0 Å². The Bertz CT molecular complexity index is 1670. The molecule has 2 aliphatic rings. The normalized spacial score (nSPS) is 17.7. The van der Waals surface area contributed by atoms with Crippen LogP contribution in [0, 0.1) is 0 Å². The number of carboxylic acid groups (broad SMARTS) is 1. The van der Waals surface area contributed by atoms with E-state index in [1.54, 1.807) is 0 Å². The average molecular weight is 689 g/mol. The highest BCUT2D eigenvalue weighted by Crippen LogP contribution is 2.41. The number of allylic oxidation sites excluding steroid dienone is 1. The second kappa shape index (κ2) is 14.2. The standard InChI is InChI=1S/C29H23Cl2N5O7S2/c30-19(31)11-17-13-44-27-22(26(39)36(27)23(17)28(40)41)34-25(38)21(18-14-45-29(32)33-18)35-42-12-20(37)43-24(15-7-3-1-4-8-15)16-9-5-2-6-10-16/h1-11,14,22,24,27H,12-13H2,(H2,32,33)(H,34,38)(H,40,41)/t22?,27-/m0/s1. The van der Waals surface area contributed by atoms with Crippen molar-refractivity contribution in [3.63, 3.8) is 0 Å². The Morgan fingerprint density at radius 3 is 2.33 bits per heavy atom. The van der Waals surface area contributed by atoms with Gasteiger partial charge in [0.25, 0.3) is 11.8 Å². The zero-order valence-electron chi connectivity index (χ0n) is 23.0. The number of fused-ring (bicyclic) bond motifs is 1. The van der Waals surface area contributed by atoms with E-state index in [1.807, 2.05) is 60.7 Å². The first-order valence-corrected chi connectivity index (χ1v) is 15.8. The van der Waals surface area contributed by atoms with Gasteiger partial charge >= 0.3 is 11.9 Å². The van der Waals surface area contributed by atoms with Gasteiger partial charge in [-0.1, -0.05) is 89.0 Å². The van der Waals surface area contributed by atoms with Crippen molar-refractivity contribution in [2.24, 2.45) is 5.16 Å². The maximum atomic E-state index is 13.4. The Morgan fingerprint density at radius 2 is 1.78 bits per heavy atom. The maximum Gasteiger partial charge on any atom is 0.352 e. The third-order valence-electron chi connectivity index (χ3n) is 6.54. The predicted molar refractivity (Wildman–Crippen MR) is 169 cm³/mol. The molecular formula is C29H23Cl2N5O7S2. The summed E-state index contributed by atoms with van der Waals surface area (Å²) >= 11 is 13.7. The number of aliphatic carboxylic acids is 1. The SMILES string of the molecule is Nc1nc(C(=NOCC(=O)OC(c2ccccc2)c2ccccc2)C(=O)NC2C(=O)N3C(C(=O)O)=C(C=C(Cl)Cl)CS[C@@H]23)cs1. The van der Waals surface area contributed by atoms with Crippen molar-refractivity contribution in [3.8, 4) is 0 Å². The first kappa shape index (κ1) is 32.0. The minimum absolute atomic E-state index is 0.0463. The molecule has 2 aromatic carbocycles. The number of thiazole rings is 1. The number of nitrogens with one attached hydrogen (secondary N) is 1. The van der Waals surface area contributed by atoms with Crippen LogP contribution in [0.25, 0.3) is 0 Å². The van der Waals surface area contributed by atoms with Crippen LogP contribution in [-0.2, 0) is 28.8 Å². The maximum absolute atomic E-state index is 13.4. The van der Waals surface area contributed by atoms with E-state index in [1.165, 1.54) is 23.2 Å². The number of nitrogen functional groups attached to an aromatic ring is 1. The van der Waals surface area contributed by atoms with E-state index < -0.39 is 47.9 Å². The molecule has 5 rings (SSSR count). The van der Waals surface area contributed by atoms with E-state index in [4.69, 9.17) is 38.5 Å². The molecule has 12 nitrogen and oxygen atoms in total. The third kappa shape index (κ3) is 7.31. The molecule has 0 bridgehead atoms. The van der Waals surface area contributed by atoms with Gasteiger partial charge < -0.3 is 25.7 Å². The van der Waals surface area contributed by atoms with Crippen LogP contribution in [0.1, 0.15) is 22.9 Å². The lowest BCUT2D eigenvalue weighted by Gasteiger charge is -2.49. The van der Waals surface area contributed by atoms with Crippen molar-refractivity contribution in [1.29, 1.82) is 0 Å². The fourth-order valence-corrected chi connectivity index (χ4v) is 6.71. The second-order valence-corrected chi connectivity index (χ2v) is 12.5. The molecule has 2 amide bonds. The molecule has 0 aliphatic carbocycles. The number of amides is 2. The molecule has 232 valence electrons. The van der Waals surface area contributed by atoms with E-state index in [9.17, 15) is 24.3 Å². The number of benzene rings is 2. The number of oxime groups is 1. The summed E-state index contributed by atoms with van der Waals surface area (Å²) < 4.78 is 5.54. The Labute approximate surface area is 274 Å². The van der Waals surface area contributed by atoms with Crippen molar-refractivity contribution >= 4 is 80.9 Å². The summed E-state index contributed by atoms with van der Waals surface area (Å²) in [5.74, 6) is -3.44. The molecule has 4 N–H and O–H groups in total. The van der Waals surface area contributed by atoms with Crippen LogP contribution in [-0.4, -0.2) is 68.2 Å². The van der Waals surface area contributed by atoms with Gasteiger partial charge in [0.1, 0.15) is 27.3 Å². The van der Waals surface area contributed by atoms with Crippen LogP contribution >= 0.6 is 46.3 Å². The van der Waals surface area contributed by atoms with Crippen molar-refractivity contribution < 1.29 is 33.9 Å². The highest BCUT2D eigenvalue weighted by molar-refractivity contribution is 8.00. The fourth-order valence-electron chi connectivity index (χ4n) is 4.60. The van der Waals surface area contributed by atoms with Gasteiger partial charge in [0.2, 0.25) is 6.61 Å². The molecule has 16 heteroatoms. The van der Waals surface area contributed by atoms with Gasteiger partial charge in [0, 0.05) is 11.1 Å². The number of thioether (sulfide) groups is 1. The second-order valence-electron chi connectivity index (χ2n) is 9.45. The minimum Gasteiger partial charge on any atom is -0.477 e. The van der Waals surface area contributed by atoms with Gasteiger partial charge in [-0.2, -0.15) is 0 Å². The number of hydrogen-bond donors (Lipinski definition) is 3. The van der Waals surface area contributed by atoms with Crippen LogP contribution in [0.3, 0.4) is 0 Å². The number of ether oxygens (including phenoxy) is 1. The van der Waals surface area contributed by atoms with E-state index in [2.05, 4.69) is 15.5 Å². The molecule has 0 saturated carbocycles. The molecular weight excluding hydrogens is 665 g/mol. The van der Waals surface area contributed by atoms with Crippen molar-refractivity contribution in [3.05, 3.63) is 105 Å². The number of β-lactam (4-membered cyclic amide) rings is 1. The first-order valence-electron chi connectivity index (χ1n) is 13.1. The number of carbonyl (C=O) groups is 4. The van der Waals surface area contributed by atoms with Gasteiger partial charge in [-0.3, -0.25) is 14.5 Å². The molecule has 0 spiro atoms. The van der Waals surface area contributed by atoms with Crippen molar-refractivity contribution in [1.82, 2.24) is 15.2 Å². The minimum atomic E-state index is -1.35. The Hall–Kier alpha value is -4.37. The topological polar surface area (TPSA) is 174 Å². The Morgan fingerprint density at radius 1 is 1.13 bits per heavy atom. The Balaban J connectivity index is 1.29. The molecule has 45 heavy (non-hydrogen) atoms. The number of anilines is 1. The van der Waals surface area contributed by atoms with Crippen LogP contribution < -0.4 is 11.1 Å². The summed E-state index contributed by atoms with van der Waals surface area (Å²) in [5.41, 5.74) is 6.92. The number of rotatable bonds is 11. The number of nitrogens with two attached hydrogens (primary N) is 1. The smallest absolute Gasteiger partial charge is 0.352 e. The number of hydrogen-bond acceptors (Lipinski definition) is 11. The highest BCUT2D eigenvalue weighted by atomic mass is 35.5. The number of carboxylic acids is 1. The average Bonchev–Trinajstić information content (AvgIpc) is 3.46. The lowest BCUT2D eigenvalue weighted by atomic mass is 10.0. The van der Waals surface area contributed by atoms with Crippen LogP contribution in [0.5, 0.6) is 0 Å². The molecule has 2 atom stereocenters. The van der Waals surface area contributed by atoms with Gasteiger partial charge in [0.05, 0.1) is 0 Å². The zero-order chi connectivity index (χ0) is 32.1. The molecule has 1 fully saturated rings. The number of carbonyl (C=O) groups excluding carboxylic acids is 3. The van der Waals surface area contributed by atoms with Crippen molar-refractivity contribution in [2.45, 2.75) is 17.5 Å². The molecule has 2 aliphatic heterocycles. The number of aromatic nitrogens is 1. The quantitative estimate of drug-likeness (QED) is 0.116.